The molecule has 0 bridgehead atoms. The van der Waals surface area contributed by atoms with E-state index < -0.39 is 29.0 Å². The highest BCUT2D eigenvalue weighted by molar-refractivity contribution is 7.99. The summed E-state index contributed by atoms with van der Waals surface area (Å²) in [7, 11) is 1.65. The van der Waals surface area contributed by atoms with Crippen molar-refractivity contribution in [2.75, 3.05) is 5.75 Å². The molecule has 0 aliphatic carbocycles. The number of hydrogen-bond acceptors (Lipinski definition) is 4. The molecule has 34 heavy (non-hydrogen) atoms. The van der Waals surface area contributed by atoms with Crippen molar-refractivity contribution in [1.82, 2.24) is 19.1 Å². The van der Waals surface area contributed by atoms with Crippen molar-refractivity contribution in [2.45, 2.75) is 23.9 Å². The van der Waals surface area contributed by atoms with Gasteiger partial charge in [0.05, 0.1) is 23.1 Å². The number of halogens is 6. The van der Waals surface area contributed by atoms with Crippen LogP contribution in [0.2, 0.25) is 0 Å². The van der Waals surface area contributed by atoms with Crippen LogP contribution in [0.25, 0.3) is 16.9 Å². The van der Waals surface area contributed by atoms with Crippen molar-refractivity contribution in [3.8, 4) is 5.69 Å². The first-order valence-electron chi connectivity index (χ1n) is 9.86. The molecule has 4 rings (SSSR count). The summed E-state index contributed by atoms with van der Waals surface area (Å²) in [5.41, 5.74) is -0.918. The van der Waals surface area contributed by atoms with Gasteiger partial charge in [0.1, 0.15) is 0 Å². The van der Waals surface area contributed by atoms with Crippen LogP contribution in [0.1, 0.15) is 16.7 Å². The lowest BCUT2D eigenvalue weighted by Gasteiger charge is -2.13. The third kappa shape index (κ3) is 4.81. The Bertz CT molecular complexity index is 1370. The number of hydrogen-bond donors (Lipinski definition) is 0. The van der Waals surface area contributed by atoms with Gasteiger partial charge in [-0.05, 0) is 48.4 Å². The van der Waals surface area contributed by atoms with Gasteiger partial charge in [0.2, 0.25) is 0 Å². The molecule has 0 unspecified atom stereocenters. The zero-order chi connectivity index (χ0) is 24.7. The lowest BCUT2D eigenvalue weighted by Crippen LogP contribution is -2.22. The van der Waals surface area contributed by atoms with Crippen LogP contribution in [0.15, 0.2) is 64.8 Å². The zero-order valence-electron chi connectivity index (χ0n) is 17.5. The maximum atomic E-state index is 13.1. The Labute approximate surface area is 193 Å². The highest BCUT2D eigenvalue weighted by Gasteiger charge is 2.31. The van der Waals surface area contributed by atoms with Crippen molar-refractivity contribution in [3.63, 3.8) is 0 Å². The number of benzene rings is 2. The quantitative estimate of drug-likeness (QED) is 0.207. The number of rotatable bonds is 5. The molecule has 0 aliphatic rings. The van der Waals surface area contributed by atoms with Gasteiger partial charge in [-0.25, -0.2) is 9.97 Å². The lowest BCUT2D eigenvalue weighted by atomic mass is 10.1. The molecule has 0 radical (unpaired) electrons. The Morgan fingerprint density at radius 1 is 0.882 bits per heavy atom. The van der Waals surface area contributed by atoms with Crippen LogP contribution in [0.3, 0.4) is 0 Å². The summed E-state index contributed by atoms with van der Waals surface area (Å²) in [4.78, 5) is 21.6. The first kappa shape index (κ1) is 23.9. The topological polar surface area (TPSA) is 52.7 Å². The van der Waals surface area contributed by atoms with Crippen molar-refractivity contribution in [2.24, 2.45) is 7.05 Å². The molecular formula is C22H16F6N4OS. The minimum absolute atomic E-state index is 0.0643. The van der Waals surface area contributed by atoms with Gasteiger partial charge in [-0.3, -0.25) is 9.36 Å². The van der Waals surface area contributed by atoms with Gasteiger partial charge in [0, 0.05) is 12.8 Å². The summed E-state index contributed by atoms with van der Waals surface area (Å²) in [6.45, 7) is 0. The second-order valence-electron chi connectivity index (χ2n) is 7.40. The molecule has 0 spiro atoms. The number of aryl methyl sites for hydroxylation is 2. The summed E-state index contributed by atoms with van der Waals surface area (Å²) in [5, 5.41) is 0.229. The van der Waals surface area contributed by atoms with Crippen molar-refractivity contribution >= 4 is 22.9 Å². The Morgan fingerprint density at radius 3 is 2.00 bits per heavy atom. The molecule has 0 fully saturated rings. The van der Waals surface area contributed by atoms with E-state index in [1.165, 1.54) is 35.2 Å². The Balaban J connectivity index is 1.65. The smallest absolute Gasteiger partial charge is 0.318 e. The molecule has 0 amide bonds. The molecule has 178 valence electrons. The second-order valence-corrected chi connectivity index (χ2v) is 8.46. The number of aromatic nitrogens is 4. The molecular weight excluding hydrogens is 482 g/mol. The molecule has 0 N–H and O–H groups in total. The summed E-state index contributed by atoms with van der Waals surface area (Å²) in [6.07, 6.45) is -7.15. The fourth-order valence-corrected chi connectivity index (χ4v) is 4.27. The van der Waals surface area contributed by atoms with Gasteiger partial charge in [0.15, 0.2) is 16.3 Å². The molecule has 12 heteroatoms. The Kier molecular flexibility index (Phi) is 6.19. The third-order valence-corrected chi connectivity index (χ3v) is 6.00. The highest BCUT2D eigenvalue weighted by atomic mass is 32.2. The second kappa shape index (κ2) is 8.82. The molecule has 2 aromatic carbocycles. The average Bonchev–Trinajstić information content (AvgIpc) is 3.14. The molecule has 0 aliphatic heterocycles. The van der Waals surface area contributed by atoms with E-state index in [9.17, 15) is 31.1 Å². The first-order chi connectivity index (χ1) is 15.9. The minimum Gasteiger partial charge on any atom is -0.318 e. The molecule has 4 aromatic rings. The maximum absolute atomic E-state index is 13.1. The largest absolute Gasteiger partial charge is 0.416 e. The fraction of sp³-hybridized carbons (Fsp3) is 0.227. The van der Waals surface area contributed by atoms with Gasteiger partial charge in [-0.15, -0.1) is 0 Å². The number of alkyl halides is 6. The van der Waals surface area contributed by atoms with E-state index in [1.807, 2.05) is 0 Å². The Hall–Kier alpha value is -3.28. The Morgan fingerprint density at radius 2 is 1.44 bits per heavy atom. The van der Waals surface area contributed by atoms with E-state index in [4.69, 9.17) is 0 Å². The van der Waals surface area contributed by atoms with Crippen LogP contribution in [-0.2, 0) is 25.8 Å². The number of nitrogens with zero attached hydrogens (tertiary/aromatic N) is 4. The minimum atomic E-state index is -4.52. The summed E-state index contributed by atoms with van der Waals surface area (Å²) in [6, 6.07) is 8.87. The zero-order valence-corrected chi connectivity index (χ0v) is 18.3. The van der Waals surface area contributed by atoms with Crippen LogP contribution < -0.4 is 5.56 Å². The van der Waals surface area contributed by atoms with Gasteiger partial charge in [-0.1, -0.05) is 23.9 Å². The molecule has 2 aromatic heterocycles. The van der Waals surface area contributed by atoms with Crippen LogP contribution >= 0.6 is 11.8 Å². The van der Waals surface area contributed by atoms with Crippen LogP contribution in [-0.4, -0.2) is 24.9 Å². The summed E-state index contributed by atoms with van der Waals surface area (Å²) < 4.78 is 79.8. The average molecular weight is 498 g/mol. The van der Waals surface area contributed by atoms with Crippen molar-refractivity contribution in [1.29, 1.82) is 0 Å². The van der Waals surface area contributed by atoms with Crippen molar-refractivity contribution in [3.05, 3.63) is 81.9 Å². The van der Waals surface area contributed by atoms with E-state index in [-0.39, 0.29) is 16.4 Å². The van der Waals surface area contributed by atoms with Gasteiger partial charge < -0.3 is 4.57 Å². The third-order valence-electron chi connectivity index (χ3n) is 5.06. The van der Waals surface area contributed by atoms with Crippen LogP contribution in [0, 0.1) is 0 Å². The van der Waals surface area contributed by atoms with E-state index in [0.717, 1.165) is 36.0 Å². The van der Waals surface area contributed by atoms with Crippen molar-refractivity contribution < 1.29 is 26.3 Å². The fourth-order valence-electron chi connectivity index (χ4n) is 3.28. The van der Waals surface area contributed by atoms with E-state index in [1.54, 1.807) is 11.6 Å². The number of thioether (sulfide) groups is 1. The standard InChI is InChI=1S/C22H16F6N4OS/c1-31-12-29-17-18(31)30-20(34-11-10-13-2-4-14(5-3-13)21(23,24)25)32(19(17)33)16-8-6-15(7-9-16)22(26,27)28/h2-9,12H,10-11H2,1H3. The first-order valence-corrected chi connectivity index (χ1v) is 10.8. The van der Waals surface area contributed by atoms with Crippen LogP contribution in [0.4, 0.5) is 26.3 Å². The van der Waals surface area contributed by atoms with E-state index >= 15 is 0 Å². The van der Waals surface area contributed by atoms with Gasteiger partial charge in [-0.2, -0.15) is 26.3 Å². The predicted molar refractivity (Wildman–Crippen MR) is 115 cm³/mol. The normalized spacial score (nSPS) is 12.4. The molecule has 2 heterocycles. The molecule has 0 atom stereocenters. The lowest BCUT2D eigenvalue weighted by molar-refractivity contribution is -0.138. The molecule has 0 saturated heterocycles. The predicted octanol–water partition coefficient (Wildman–Crippen LogP) is 5.49. The SMILES string of the molecule is Cn1cnc2c(=O)n(-c3ccc(C(F)(F)F)cc3)c(SCCc3ccc(C(F)(F)F)cc3)nc21. The molecule has 5 nitrogen and oxygen atoms in total. The monoisotopic (exact) mass is 498 g/mol. The number of fused-ring (bicyclic) bond motifs is 1. The van der Waals surface area contributed by atoms with E-state index in [0.29, 0.717) is 23.4 Å². The summed E-state index contributed by atoms with van der Waals surface area (Å²) >= 11 is 1.16. The number of imidazole rings is 1. The van der Waals surface area contributed by atoms with E-state index in [2.05, 4.69) is 9.97 Å². The summed E-state index contributed by atoms with van der Waals surface area (Å²) in [5.74, 6) is 0.363. The van der Waals surface area contributed by atoms with Gasteiger partial charge >= 0.3 is 12.4 Å². The maximum Gasteiger partial charge on any atom is 0.416 e. The van der Waals surface area contributed by atoms with Gasteiger partial charge in [0.25, 0.3) is 5.56 Å². The highest BCUT2D eigenvalue weighted by Crippen LogP contribution is 2.31. The molecule has 0 saturated carbocycles. The van der Waals surface area contributed by atoms with Crippen LogP contribution in [0.5, 0.6) is 0 Å².